The van der Waals surface area contributed by atoms with Crippen LogP contribution in [0.25, 0.3) is 5.69 Å². The van der Waals surface area contributed by atoms with Crippen molar-refractivity contribution in [3.05, 3.63) is 48.0 Å². The zero-order valence-corrected chi connectivity index (χ0v) is 8.91. The normalized spacial score (nSPS) is 10.4. The van der Waals surface area contributed by atoms with E-state index in [1.165, 1.54) is 6.07 Å². The van der Waals surface area contributed by atoms with Crippen LogP contribution in [0.3, 0.4) is 0 Å². The molecule has 0 aliphatic heterocycles. The Hall–Kier alpha value is -1.16. The zero-order valence-electron chi connectivity index (χ0n) is 7.32. The first-order valence-corrected chi connectivity index (χ1v) is 5.28. The molecular formula is C10H8BrFN2. The molecule has 14 heavy (non-hydrogen) atoms. The monoisotopic (exact) mass is 254 g/mol. The van der Waals surface area contributed by atoms with Crippen molar-refractivity contribution in [3.8, 4) is 5.69 Å². The molecule has 0 fully saturated rings. The molecule has 1 heterocycles. The van der Waals surface area contributed by atoms with Crippen LogP contribution >= 0.6 is 15.9 Å². The van der Waals surface area contributed by atoms with Gasteiger partial charge in [-0.05, 0) is 23.8 Å². The maximum absolute atomic E-state index is 13.4. The van der Waals surface area contributed by atoms with Gasteiger partial charge < -0.3 is 0 Å². The van der Waals surface area contributed by atoms with Gasteiger partial charge in [0, 0.05) is 17.7 Å². The van der Waals surface area contributed by atoms with Crippen molar-refractivity contribution in [2.45, 2.75) is 5.33 Å². The summed E-state index contributed by atoms with van der Waals surface area (Å²) in [7, 11) is 0. The van der Waals surface area contributed by atoms with Crippen molar-refractivity contribution in [1.29, 1.82) is 0 Å². The van der Waals surface area contributed by atoms with E-state index in [1.807, 2.05) is 6.07 Å². The van der Waals surface area contributed by atoms with E-state index in [0.29, 0.717) is 10.9 Å². The average molecular weight is 255 g/mol. The van der Waals surface area contributed by atoms with Crippen molar-refractivity contribution in [1.82, 2.24) is 9.78 Å². The van der Waals surface area contributed by atoms with Gasteiger partial charge in [0.05, 0.1) is 5.69 Å². The van der Waals surface area contributed by atoms with E-state index in [9.17, 15) is 4.39 Å². The number of hydrogen-bond donors (Lipinski definition) is 0. The van der Waals surface area contributed by atoms with Gasteiger partial charge in [-0.2, -0.15) is 5.10 Å². The van der Waals surface area contributed by atoms with Crippen molar-refractivity contribution < 1.29 is 4.39 Å². The lowest BCUT2D eigenvalue weighted by molar-refractivity contribution is 0.615. The fourth-order valence-corrected chi connectivity index (χ4v) is 1.66. The Kier molecular flexibility index (Phi) is 2.63. The fourth-order valence-electron chi connectivity index (χ4n) is 1.21. The highest BCUT2D eigenvalue weighted by atomic mass is 79.9. The molecule has 0 bridgehead atoms. The van der Waals surface area contributed by atoms with Gasteiger partial charge in [0.25, 0.3) is 0 Å². The molecule has 0 aliphatic rings. The molecule has 72 valence electrons. The van der Waals surface area contributed by atoms with Gasteiger partial charge >= 0.3 is 0 Å². The molecule has 1 aromatic carbocycles. The number of rotatable bonds is 2. The van der Waals surface area contributed by atoms with E-state index in [-0.39, 0.29) is 5.82 Å². The first-order valence-electron chi connectivity index (χ1n) is 4.15. The van der Waals surface area contributed by atoms with Gasteiger partial charge in [-0.3, -0.25) is 0 Å². The van der Waals surface area contributed by atoms with Gasteiger partial charge in [-0.15, -0.1) is 0 Å². The molecule has 0 N–H and O–H groups in total. The summed E-state index contributed by atoms with van der Waals surface area (Å²) in [6.45, 7) is 0. The predicted octanol–water partition coefficient (Wildman–Crippen LogP) is 2.91. The molecule has 0 atom stereocenters. The maximum Gasteiger partial charge on any atom is 0.129 e. The topological polar surface area (TPSA) is 17.8 Å². The van der Waals surface area contributed by atoms with Gasteiger partial charge in [-0.25, -0.2) is 9.07 Å². The molecule has 0 aliphatic carbocycles. The SMILES string of the molecule is Fc1cc(-n2cccn2)ccc1CBr. The molecule has 2 aromatic rings. The van der Waals surface area contributed by atoms with Crippen LogP contribution in [0.5, 0.6) is 0 Å². The average Bonchev–Trinajstić information content (AvgIpc) is 2.70. The summed E-state index contributed by atoms with van der Waals surface area (Å²) < 4.78 is 15.0. The first kappa shape index (κ1) is 9.40. The summed E-state index contributed by atoms with van der Waals surface area (Å²) in [4.78, 5) is 0. The molecule has 1 aromatic heterocycles. The number of aromatic nitrogens is 2. The van der Waals surface area contributed by atoms with Crippen molar-refractivity contribution in [2.24, 2.45) is 0 Å². The molecule has 0 amide bonds. The number of alkyl halides is 1. The van der Waals surface area contributed by atoms with E-state index >= 15 is 0 Å². The highest BCUT2D eigenvalue weighted by molar-refractivity contribution is 9.08. The fraction of sp³-hybridized carbons (Fsp3) is 0.100. The lowest BCUT2D eigenvalue weighted by atomic mass is 10.2. The number of nitrogens with zero attached hydrogens (tertiary/aromatic N) is 2. The van der Waals surface area contributed by atoms with Crippen LogP contribution in [-0.4, -0.2) is 9.78 Å². The lowest BCUT2D eigenvalue weighted by Crippen LogP contribution is -1.96. The highest BCUT2D eigenvalue weighted by Crippen LogP contribution is 2.15. The number of benzene rings is 1. The third-order valence-electron chi connectivity index (χ3n) is 1.95. The Morgan fingerprint density at radius 3 is 2.86 bits per heavy atom. The minimum Gasteiger partial charge on any atom is -0.241 e. The molecule has 0 saturated carbocycles. The molecule has 0 radical (unpaired) electrons. The molecule has 0 saturated heterocycles. The van der Waals surface area contributed by atoms with Gasteiger partial charge in [-0.1, -0.05) is 22.0 Å². The largest absolute Gasteiger partial charge is 0.241 e. The van der Waals surface area contributed by atoms with Crippen LogP contribution in [0, 0.1) is 5.82 Å². The Morgan fingerprint density at radius 2 is 2.29 bits per heavy atom. The third kappa shape index (κ3) is 1.70. The maximum atomic E-state index is 13.4. The van der Waals surface area contributed by atoms with Crippen LogP contribution in [0.4, 0.5) is 4.39 Å². The zero-order chi connectivity index (χ0) is 9.97. The van der Waals surface area contributed by atoms with E-state index in [4.69, 9.17) is 0 Å². The predicted molar refractivity (Wildman–Crippen MR) is 56.2 cm³/mol. The molecule has 0 spiro atoms. The minimum absolute atomic E-state index is 0.213. The summed E-state index contributed by atoms with van der Waals surface area (Å²) in [5.41, 5.74) is 1.39. The molecule has 4 heteroatoms. The second kappa shape index (κ2) is 3.92. The first-order chi connectivity index (χ1) is 6.81. The summed E-state index contributed by atoms with van der Waals surface area (Å²) in [5, 5.41) is 4.55. The van der Waals surface area contributed by atoms with E-state index in [1.54, 1.807) is 29.2 Å². The van der Waals surface area contributed by atoms with Crippen LogP contribution in [0.1, 0.15) is 5.56 Å². The van der Waals surface area contributed by atoms with E-state index < -0.39 is 0 Å². The lowest BCUT2D eigenvalue weighted by Gasteiger charge is -2.03. The minimum atomic E-state index is -0.213. The molecule has 0 unspecified atom stereocenters. The summed E-state index contributed by atoms with van der Waals surface area (Å²) in [5.74, 6) is -0.213. The Balaban J connectivity index is 2.43. The van der Waals surface area contributed by atoms with Gasteiger partial charge in [0.2, 0.25) is 0 Å². The second-order valence-corrected chi connectivity index (χ2v) is 3.42. The Labute approximate surface area is 89.5 Å². The van der Waals surface area contributed by atoms with E-state index in [2.05, 4.69) is 21.0 Å². The number of hydrogen-bond acceptors (Lipinski definition) is 1. The van der Waals surface area contributed by atoms with Crippen molar-refractivity contribution in [2.75, 3.05) is 0 Å². The quantitative estimate of drug-likeness (QED) is 0.754. The van der Waals surface area contributed by atoms with Crippen LogP contribution in [0.15, 0.2) is 36.7 Å². The smallest absolute Gasteiger partial charge is 0.129 e. The van der Waals surface area contributed by atoms with E-state index in [0.717, 1.165) is 5.69 Å². The van der Waals surface area contributed by atoms with Gasteiger partial charge in [0.1, 0.15) is 5.82 Å². The van der Waals surface area contributed by atoms with Crippen LogP contribution in [0.2, 0.25) is 0 Å². The third-order valence-corrected chi connectivity index (χ3v) is 2.55. The molecular weight excluding hydrogens is 247 g/mol. The van der Waals surface area contributed by atoms with Crippen molar-refractivity contribution >= 4 is 15.9 Å². The summed E-state index contributed by atoms with van der Waals surface area (Å²) in [6, 6.07) is 6.87. The van der Waals surface area contributed by atoms with Crippen LogP contribution in [-0.2, 0) is 5.33 Å². The van der Waals surface area contributed by atoms with Crippen molar-refractivity contribution in [3.63, 3.8) is 0 Å². The molecule has 2 nitrogen and oxygen atoms in total. The summed E-state index contributed by atoms with van der Waals surface area (Å²) >= 11 is 3.22. The Morgan fingerprint density at radius 1 is 1.43 bits per heavy atom. The highest BCUT2D eigenvalue weighted by Gasteiger charge is 2.03. The van der Waals surface area contributed by atoms with Gasteiger partial charge in [0.15, 0.2) is 0 Å². The second-order valence-electron chi connectivity index (χ2n) is 2.86. The van der Waals surface area contributed by atoms with Crippen LogP contribution < -0.4 is 0 Å². The standard InChI is InChI=1S/C10H8BrFN2/c11-7-8-2-3-9(6-10(8)12)14-5-1-4-13-14/h1-6H,7H2. The summed E-state index contributed by atoms with van der Waals surface area (Å²) in [6.07, 6.45) is 3.44. The molecule has 2 rings (SSSR count). The number of halogens is 2. The Bertz CT molecular complexity index is 426.